The van der Waals surface area contributed by atoms with E-state index in [1.54, 1.807) is 12.4 Å². The monoisotopic (exact) mass is 312 g/mol. The number of nitrogens with one attached hydrogen (secondary N) is 4. The number of hydrogen-bond donors (Lipinski definition) is 4. The summed E-state index contributed by atoms with van der Waals surface area (Å²) >= 11 is 0. The van der Waals surface area contributed by atoms with Gasteiger partial charge in [-0.1, -0.05) is 6.92 Å². The number of nitrogens with zero attached hydrogens (tertiary/aromatic N) is 2. The zero-order valence-corrected chi connectivity index (χ0v) is 12.9. The number of aromatic nitrogens is 4. The van der Waals surface area contributed by atoms with Gasteiger partial charge in [0.05, 0.1) is 6.54 Å². The van der Waals surface area contributed by atoms with Gasteiger partial charge in [-0.15, -0.1) is 0 Å². The molecular formula is C12H20N6O2S. The Hall–Kier alpha value is -1.71. The van der Waals surface area contributed by atoms with Gasteiger partial charge < -0.3 is 10.3 Å². The Labute approximate surface area is 123 Å². The molecule has 116 valence electrons. The minimum atomic E-state index is -3.68. The van der Waals surface area contributed by atoms with Gasteiger partial charge in [0.15, 0.2) is 5.03 Å². The lowest BCUT2D eigenvalue weighted by Gasteiger charge is -2.07. The molecule has 2 heterocycles. The fourth-order valence-corrected chi connectivity index (χ4v) is 3.06. The smallest absolute Gasteiger partial charge is 0.260 e. The topological polar surface area (TPSA) is 116 Å². The summed E-state index contributed by atoms with van der Waals surface area (Å²) < 4.78 is 27.2. The summed E-state index contributed by atoms with van der Waals surface area (Å²) in [6.45, 7) is 5.25. The highest BCUT2D eigenvalue weighted by molar-refractivity contribution is 7.89. The van der Waals surface area contributed by atoms with E-state index in [0.717, 1.165) is 18.7 Å². The summed E-state index contributed by atoms with van der Waals surface area (Å²) in [5, 5.41) is 9.88. The molecule has 9 heteroatoms. The van der Waals surface area contributed by atoms with E-state index in [0.29, 0.717) is 17.9 Å². The first-order valence-electron chi connectivity index (χ1n) is 6.77. The van der Waals surface area contributed by atoms with Crippen molar-refractivity contribution in [3.8, 4) is 0 Å². The molecule has 0 spiro atoms. The van der Waals surface area contributed by atoms with Gasteiger partial charge in [-0.2, -0.15) is 5.10 Å². The van der Waals surface area contributed by atoms with Crippen molar-refractivity contribution in [2.24, 2.45) is 0 Å². The van der Waals surface area contributed by atoms with E-state index in [9.17, 15) is 8.42 Å². The molecule has 0 aromatic carbocycles. The van der Waals surface area contributed by atoms with Crippen molar-refractivity contribution in [1.29, 1.82) is 0 Å². The minimum absolute atomic E-state index is 0.0372. The van der Waals surface area contributed by atoms with Crippen LogP contribution in [0.4, 0.5) is 0 Å². The lowest BCUT2D eigenvalue weighted by molar-refractivity contribution is 0.572. The molecule has 2 aromatic heterocycles. The predicted molar refractivity (Wildman–Crippen MR) is 77.9 cm³/mol. The maximum Gasteiger partial charge on any atom is 0.260 e. The van der Waals surface area contributed by atoms with E-state index in [2.05, 4.69) is 37.1 Å². The van der Waals surface area contributed by atoms with Crippen LogP contribution in [0.15, 0.2) is 17.4 Å². The Morgan fingerprint density at radius 1 is 1.33 bits per heavy atom. The number of sulfonamides is 1. The molecule has 21 heavy (non-hydrogen) atoms. The van der Waals surface area contributed by atoms with Gasteiger partial charge >= 0.3 is 0 Å². The van der Waals surface area contributed by atoms with Crippen molar-refractivity contribution >= 4 is 10.0 Å². The average Bonchev–Trinajstić information content (AvgIpc) is 3.08. The molecule has 0 aliphatic carbocycles. The fourth-order valence-electron chi connectivity index (χ4n) is 1.88. The van der Waals surface area contributed by atoms with Crippen LogP contribution < -0.4 is 10.0 Å². The quantitative estimate of drug-likeness (QED) is 0.527. The summed E-state index contributed by atoms with van der Waals surface area (Å²) in [6.07, 6.45) is 4.20. The number of rotatable bonds is 8. The average molecular weight is 312 g/mol. The Bertz CT molecular complexity index is 662. The van der Waals surface area contributed by atoms with Gasteiger partial charge in [0, 0.05) is 30.2 Å². The highest BCUT2D eigenvalue weighted by Crippen LogP contribution is 2.16. The third kappa shape index (κ3) is 3.90. The van der Waals surface area contributed by atoms with Crippen LogP contribution in [0.1, 0.15) is 30.4 Å². The second kappa shape index (κ2) is 6.83. The molecule has 8 nitrogen and oxygen atoms in total. The first-order chi connectivity index (χ1) is 10.0. The van der Waals surface area contributed by atoms with Crippen LogP contribution in [0.3, 0.4) is 0 Å². The van der Waals surface area contributed by atoms with Crippen LogP contribution in [-0.2, 0) is 23.1 Å². The molecule has 2 aromatic rings. The van der Waals surface area contributed by atoms with Crippen molar-refractivity contribution < 1.29 is 8.42 Å². The van der Waals surface area contributed by atoms with Crippen molar-refractivity contribution in [3.63, 3.8) is 0 Å². The first-order valence-corrected chi connectivity index (χ1v) is 8.25. The largest absolute Gasteiger partial charge is 0.347 e. The minimum Gasteiger partial charge on any atom is -0.347 e. The van der Waals surface area contributed by atoms with Crippen LogP contribution in [0.25, 0.3) is 0 Å². The van der Waals surface area contributed by atoms with Gasteiger partial charge in [-0.3, -0.25) is 5.10 Å². The third-order valence-corrected chi connectivity index (χ3v) is 4.37. The normalized spacial score (nSPS) is 11.9. The highest BCUT2D eigenvalue weighted by Gasteiger charge is 2.23. The number of aryl methyl sites for hydroxylation is 1. The molecule has 0 aliphatic rings. The van der Waals surface area contributed by atoms with Crippen LogP contribution >= 0.6 is 0 Å². The van der Waals surface area contributed by atoms with Crippen molar-refractivity contribution in [1.82, 2.24) is 30.2 Å². The SMILES string of the molecule is CCCNCc1c(S(=O)(=O)NCc2ncc[nH]2)n[nH]c1C. The molecule has 0 saturated heterocycles. The van der Waals surface area contributed by atoms with E-state index >= 15 is 0 Å². The van der Waals surface area contributed by atoms with Crippen molar-refractivity contribution in [2.75, 3.05) is 6.54 Å². The Morgan fingerprint density at radius 2 is 2.14 bits per heavy atom. The molecule has 4 N–H and O–H groups in total. The van der Waals surface area contributed by atoms with Crippen molar-refractivity contribution in [2.45, 2.75) is 38.4 Å². The van der Waals surface area contributed by atoms with Gasteiger partial charge in [0.1, 0.15) is 5.82 Å². The standard InChI is InChI=1S/C12H20N6O2S/c1-3-4-13-7-10-9(2)17-18-12(10)21(19,20)16-8-11-14-5-6-15-11/h5-6,13,16H,3-4,7-8H2,1-2H3,(H,14,15)(H,17,18). The third-order valence-electron chi connectivity index (χ3n) is 3.00. The molecule has 0 fully saturated rings. The van der Waals surface area contributed by atoms with Crippen molar-refractivity contribution in [3.05, 3.63) is 29.5 Å². The molecular weight excluding hydrogens is 292 g/mol. The second-order valence-corrected chi connectivity index (χ2v) is 6.35. The van der Waals surface area contributed by atoms with Crippen LogP contribution in [-0.4, -0.2) is 35.1 Å². The van der Waals surface area contributed by atoms with E-state index in [1.807, 2.05) is 6.92 Å². The molecule has 0 bridgehead atoms. The summed E-state index contributed by atoms with van der Waals surface area (Å²) in [5.41, 5.74) is 1.41. The predicted octanol–water partition coefficient (Wildman–Crippen LogP) is 0.419. The Morgan fingerprint density at radius 3 is 2.81 bits per heavy atom. The first kappa shape index (κ1) is 15.7. The lowest BCUT2D eigenvalue weighted by atomic mass is 10.2. The highest BCUT2D eigenvalue weighted by atomic mass is 32.2. The number of aromatic amines is 2. The Balaban J connectivity index is 2.11. The van der Waals surface area contributed by atoms with Crippen LogP contribution in [0.5, 0.6) is 0 Å². The maximum atomic E-state index is 12.3. The van der Waals surface area contributed by atoms with Crippen LogP contribution in [0, 0.1) is 6.92 Å². The molecule has 0 radical (unpaired) electrons. The zero-order valence-electron chi connectivity index (χ0n) is 12.1. The molecule has 0 unspecified atom stereocenters. The summed E-state index contributed by atoms with van der Waals surface area (Å²) in [5.74, 6) is 0.552. The molecule has 0 saturated carbocycles. The van der Waals surface area contributed by atoms with E-state index in [1.165, 1.54) is 0 Å². The number of H-pyrrole nitrogens is 2. The molecule has 2 rings (SSSR count). The van der Waals surface area contributed by atoms with Gasteiger partial charge in [-0.05, 0) is 19.9 Å². The fraction of sp³-hybridized carbons (Fsp3) is 0.500. The summed E-state index contributed by atoms with van der Waals surface area (Å²) in [7, 11) is -3.68. The number of hydrogen-bond acceptors (Lipinski definition) is 5. The zero-order chi connectivity index (χ0) is 15.3. The lowest BCUT2D eigenvalue weighted by Crippen LogP contribution is -2.26. The second-order valence-electron chi connectivity index (χ2n) is 4.67. The molecule has 0 aliphatic heterocycles. The summed E-state index contributed by atoms with van der Waals surface area (Å²) in [6, 6.07) is 0. The van der Waals surface area contributed by atoms with Gasteiger partial charge in [-0.25, -0.2) is 18.1 Å². The number of imidazole rings is 1. The molecule has 0 amide bonds. The van der Waals surface area contributed by atoms with E-state index in [4.69, 9.17) is 0 Å². The van der Waals surface area contributed by atoms with Gasteiger partial charge in [0.25, 0.3) is 10.0 Å². The van der Waals surface area contributed by atoms with Gasteiger partial charge in [0.2, 0.25) is 0 Å². The van der Waals surface area contributed by atoms with Crippen LogP contribution in [0.2, 0.25) is 0 Å². The maximum absolute atomic E-state index is 12.3. The molecule has 0 atom stereocenters. The summed E-state index contributed by atoms with van der Waals surface area (Å²) in [4.78, 5) is 6.82. The van der Waals surface area contributed by atoms with E-state index in [-0.39, 0.29) is 11.6 Å². The van der Waals surface area contributed by atoms with E-state index < -0.39 is 10.0 Å². The Kier molecular flexibility index (Phi) is 5.10.